The fourth-order valence-corrected chi connectivity index (χ4v) is 3.40. The van der Waals surface area contributed by atoms with Crippen LogP contribution in [0.5, 0.6) is 5.75 Å². The summed E-state index contributed by atoms with van der Waals surface area (Å²) in [6, 6.07) is 17.4. The van der Waals surface area contributed by atoms with E-state index in [0.717, 1.165) is 17.3 Å². The molecule has 2 aromatic rings. The van der Waals surface area contributed by atoms with E-state index in [2.05, 4.69) is 27.3 Å². The van der Waals surface area contributed by atoms with Crippen molar-refractivity contribution in [2.45, 2.75) is 26.2 Å². The lowest BCUT2D eigenvalue weighted by molar-refractivity contribution is 0.0973. The summed E-state index contributed by atoms with van der Waals surface area (Å²) >= 11 is 8.89. The third-order valence-corrected chi connectivity index (χ3v) is 5.15. The second-order valence-electron chi connectivity index (χ2n) is 6.38. The Labute approximate surface area is 185 Å². The van der Waals surface area contributed by atoms with Crippen LogP contribution in [-0.4, -0.2) is 35.6 Å². The number of hydrogen-bond acceptors (Lipinski definition) is 4. The monoisotopic (exact) mass is 473 g/mol. The molecule has 1 amide bonds. The van der Waals surface area contributed by atoms with E-state index in [1.54, 1.807) is 18.2 Å². The zero-order chi connectivity index (χ0) is 21.1. The fourth-order valence-electron chi connectivity index (χ4n) is 2.63. The van der Waals surface area contributed by atoms with Crippen molar-refractivity contribution < 1.29 is 9.53 Å². The first kappa shape index (κ1) is 22.9. The standard InChI is InChI=1S/C22H24BrN3O2S/c1-2-15-28-20-10-9-18(16-19(20)23)21(27)25-22(29)26(13-6-12-24)14-11-17-7-4-3-5-8-17/h3-5,7-10,16H,2,6,11,13-15H2,1H3,(H,25,27,29). The Morgan fingerprint density at radius 3 is 2.66 bits per heavy atom. The molecule has 2 aromatic carbocycles. The minimum atomic E-state index is -0.292. The minimum Gasteiger partial charge on any atom is -0.492 e. The Hall–Kier alpha value is -2.43. The van der Waals surface area contributed by atoms with Crippen molar-refractivity contribution in [2.75, 3.05) is 19.7 Å². The zero-order valence-corrected chi connectivity index (χ0v) is 18.8. The molecule has 0 aromatic heterocycles. The summed E-state index contributed by atoms with van der Waals surface area (Å²) in [4.78, 5) is 14.5. The van der Waals surface area contributed by atoms with E-state index in [0.29, 0.717) is 42.5 Å². The predicted octanol–water partition coefficient (Wildman–Crippen LogP) is 4.71. The van der Waals surface area contributed by atoms with E-state index in [-0.39, 0.29) is 5.91 Å². The van der Waals surface area contributed by atoms with Crippen LogP contribution in [0.4, 0.5) is 0 Å². The van der Waals surface area contributed by atoms with Crippen molar-refractivity contribution >= 4 is 39.2 Å². The van der Waals surface area contributed by atoms with Gasteiger partial charge in [-0.3, -0.25) is 10.1 Å². The number of thiocarbonyl (C=S) groups is 1. The predicted molar refractivity (Wildman–Crippen MR) is 122 cm³/mol. The van der Waals surface area contributed by atoms with Gasteiger partial charge in [0.15, 0.2) is 5.11 Å². The molecule has 152 valence electrons. The first-order chi connectivity index (χ1) is 14.0. The quantitative estimate of drug-likeness (QED) is 0.534. The SMILES string of the molecule is CCCOc1ccc(C(=O)NC(=S)N(CCC#N)CCc2ccccc2)cc1Br. The number of halogens is 1. The van der Waals surface area contributed by atoms with Gasteiger partial charge < -0.3 is 9.64 Å². The van der Waals surface area contributed by atoms with E-state index in [1.165, 1.54) is 5.56 Å². The van der Waals surface area contributed by atoms with Crippen LogP contribution in [-0.2, 0) is 6.42 Å². The normalized spacial score (nSPS) is 10.1. The lowest BCUT2D eigenvalue weighted by Crippen LogP contribution is -2.44. The van der Waals surface area contributed by atoms with E-state index in [4.69, 9.17) is 22.2 Å². The van der Waals surface area contributed by atoms with Gasteiger partial charge in [-0.05, 0) is 64.8 Å². The first-order valence-corrected chi connectivity index (χ1v) is 10.7. The Morgan fingerprint density at radius 2 is 2.00 bits per heavy atom. The summed E-state index contributed by atoms with van der Waals surface area (Å²) in [5, 5.41) is 12.0. The summed E-state index contributed by atoms with van der Waals surface area (Å²) in [7, 11) is 0. The van der Waals surface area contributed by atoms with Gasteiger partial charge in [-0.2, -0.15) is 5.26 Å². The van der Waals surface area contributed by atoms with E-state index in [9.17, 15) is 4.79 Å². The number of ether oxygens (including phenoxy) is 1. The van der Waals surface area contributed by atoms with Crippen LogP contribution in [0.15, 0.2) is 53.0 Å². The lowest BCUT2D eigenvalue weighted by atomic mass is 10.1. The molecule has 0 unspecified atom stereocenters. The molecule has 0 aliphatic carbocycles. The van der Waals surface area contributed by atoms with Crippen LogP contribution in [0.25, 0.3) is 0 Å². The molecular formula is C22H24BrN3O2S. The van der Waals surface area contributed by atoms with Crippen LogP contribution in [0.1, 0.15) is 35.7 Å². The van der Waals surface area contributed by atoms with E-state index in [1.807, 2.05) is 42.2 Å². The van der Waals surface area contributed by atoms with E-state index < -0.39 is 0 Å². The Morgan fingerprint density at radius 1 is 1.24 bits per heavy atom. The van der Waals surface area contributed by atoms with Gasteiger partial charge in [0.25, 0.3) is 5.91 Å². The number of carbonyl (C=O) groups excluding carboxylic acids is 1. The number of hydrogen-bond donors (Lipinski definition) is 1. The molecule has 0 saturated heterocycles. The highest BCUT2D eigenvalue weighted by atomic mass is 79.9. The molecule has 0 aliphatic rings. The maximum absolute atomic E-state index is 12.6. The third-order valence-electron chi connectivity index (χ3n) is 4.17. The van der Waals surface area contributed by atoms with Crippen molar-refractivity contribution in [3.8, 4) is 11.8 Å². The number of benzene rings is 2. The number of nitrogens with one attached hydrogen (secondary N) is 1. The van der Waals surface area contributed by atoms with Gasteiger partial charge in [0.2, 0.25) is 0 Å². The summed E-state index contributed by atoms with van der Waals surface area (Å²) < 4.78 is 6.33. The first-order valence-electron chi connectivity index (χ1n) is 9.48. The lowest BCUT2D eigenvalue weighted by Gasteiger charge is -2.24. The summed E-state index contributed by atoms with van der Waals surface area (Å²) in [5.74, 6) is 0.406. The minimum absolute atomic E-state index is 0.292. The average molecular weight is 474 g/mol. The van der Waals surface area contributed by atoms with Gasteiger partial charge in [0.05, 0.1) is 23.6 Å². The number of carbonyl (C=O) groups is 1. The topological polar surface area (TPSA) is 65.4 Å². The highest BCUT2D eigenvalue weighted by Gasteiger charge is 2.15. The van der Waals surface area contributed by atoms with Gasteiger partial charge in [-0.25, -0.2) is 0 Å². The second kappa shape index (κ2) is 12.2. The van der Waals surface area contributed by atoms with Crippen molar-refractivity contribution in [3.63, 3.8) is 0 Å². The van der Waals surface area contributed by atoms with Gasteiger partial charge in [-0.15, -0.1) is 0 Å². The molecule has 0 saturated carbocycles. The molecule has 0 heterocycles. The largest absolute Gasteiger partial charge is 0.492 e. The Kier molecular flexibility index (Phi) is 9.62. The summed E-state index contributed by atoms with van der Waals surface area (Å²) in [6.45, 7) is 3.74. The third kappa shape index (κ3) is 7.48. The van der Waals surface area contributed by atoms with Gasteiger partial charge in [0.1, 0.15) is 5.75 Å². The Bertz CT molecular complexity index is 868. The highest BCUT2D eigenvalue weighted by molar-refractivity contribution is 9.10. The van der Waals surface area contributed by atoms with Crippen molar-refractivity contribution in [2.24, 2.45) is 0 Å². The molecule has 0 bridgehead atoms. The maximum atomic E-state index is 12.6. The van der Waals surface area contributed by atoms with Gasteiger partial charge in [-0.1, -0.05) is 37.3 Å². The molecule has 0 fully saturated rings. The van der Waals surface area contributed by atoms with Crippen LogP contribution < -0.4 is 10.1 Å². The Balaban J connectivity index is 2.00. The van der Waals surface area contributed by atoms with Crippen LogP contribution in [0.3, 0.4) is 0 Å². The van der Waals surface area contributed by atoms with Crippen molar-refractivity contribution in [1.29, 1.82) is 5.26 Å². The number of nitriles is 1. The summed E-state index contributed by atoms with van der Waals surface area (Å²) in [6.07, 6.45) is 2.02. The molecule has 29 heavy (non-hydrogen) atoms. The zero-order valence-electron chi connectivity index (χ0n) is 16.4. The second-order valence-corrected chi connectivity index (χ2v) is 7.62. The van der Waals surface area contributed by atoms with Crippen molar-refractivity contribution in [1.82, 2.24) is 10.2 Å². The van der Waals surface area contributed by atoms with Gasteiger partial charge in [0, 0.05) is 18.7 Å². The fraction of sp³-hybridized carbons (Fsp3) is 0.318. The molecule has 7 heteroatoms. The highest BCUT2D eigenvalue weighted by Crippen LogP contribution is 2.26. The van der Waals surface area contributed by atoms with Crippen LogP contribution in [0, 0.1) is 11.3 Å². The molecule has 0 atom stereocenters. The number of nitrogens with zero attached hydrogens (tertiary/aromatic N) is 2. The average Bonchev–Trinajstić information content (AvgIpc) is 2.73. The molecule has 0 spiro atoms. The maximum Gasteiger partial charge on any atom is 0.257 e. The molecule has 0 radical (unpaired) electrons. The van der Waals surface area contributed by atoms with Crippen molar-refractivity contribution in [3.05, 3.63) is 64.1 Å². The smallest absolute Gasteiger partial charge is 0.257 e. The number of amides is 1. The molecule has 0 aliphatic heterocycles. The molecular weight excluding hydrogens is 450 g/mol. The van der Waals surface area contributed by atoms with Gasteiger partial charge >= 0.3 is 0 Å². The molecule has 1 N–H and O–H groups in total. The number of rotatable bonds is 9. The van der Waals surface area contributed by atoms with E-state index >= 15 is 0 Å². The van der Waals surface area contributed by atoms with Crippen LogP contribution in [0.2, 0.25) is 0 Å². The molecule has 2 rings (SSSR count). The summed E-state index contributed by atoms with van der Waals surface area (Å²) in [5.41, 5.74) is 1.65. The molecule has 5 nitrogen and oxygen atoms in total. The van der Waals surface area contributed by atoms with Crippen LogP contribution >= 0.6 is 28.1 Å².